The predicted octanol–water partition coefficient (Wildman–Crippen LogP) is 9.32. The lowest BCUT2D eigenvalue weighted by Crippen LogP contribution is -2.43. The highest BCUT2D eigenvalue weighted by Crippen LogP contribution is 2.56. The first-order chi connectivity index (χ1) is 34.3. The van der Waals surface area contributed by atoms with Crippen molar-refractivity contribution in [3.05, 3.63) is 181 Å². The Morgan fingerprint density at radius 3 is 0.944 bits per heavy atom. The van der Waals surface area contributed by atoms with Crippen LogP contribution in [0.5, 0.6) is 23.0 Å². The summed E-state index contributed by atoms with van der Waals surface area (Å²) in [6, 6.07) is 46.2. The highest BCUT2D eigenvalue weighted by atomic mass is 31.2. The lowest BCUT2D eigenvalue weighted by molar-refractivity contribution is -0.151. The summed E-state index contributed by atoms with van der Waals surface area (Å²) in [5.74, 6) is -4.69. The van der Waals surface area contributed by atoms with Crippen molar-refractivity contribution in [3.63, 3.8) is 0 Å². The van der Waals surface area contributed by atoms with Crippen LogP contribution in [0.15, 0.2) is 170 Å². The largest absolute Gasteiger partial charge is 0.496 e. The van der Waals surface area contributed by atoms with Crippen molar-refractivity contribution < 1.29 is 56.7 Å². The molecule has 7 aromatic rings. The van der Waals surface area contributed by atoms with E-state index in [1.54, 1.807) is 163 Å². The molecule has 0 unspecified atom stereocenters. The minimum atomic E-state index is -4.31. The molecule has 0 bridgehead atoms. The van der Waals surface area contributed by atoms with Gasteiger partial charge in [-0.05, 0) is 36.4 Å². The molecule has 7 aromatic carbocycles. The molecule has 0 radical (unpaired) electrons. The Morgan fingerprint density at radius 1 is 0.403 bits per heavy atom. The first kappa shape index (κ1) is 50.9. The molecule has 72 heavy (non-hydrogen) atoms. The number of carbonyl (C=O) groups is 4. The van der Waals surface area contributed by atoms with Crippen LogP contribution >= 0.6 is 14.3 Å². The monoisotopic (exact) mass is 1000 g/mol. The Bertz CT molecular complexity index is 2960. The molecule has 2 atom stereocenters. The van der Waals surface area contributed by atoms with Crippen LogP contribution in [0.1, 0.15) is 62.3 Å². The van der Waals surface area contributed by atoms with Crippen molar-refractivity contribution in [3.8, 4) is 34.1 Å². The van der Waals surface area contributed by atoms with E-state index in [-0.39, 0.29) is 55.9 Å². The van der Waals surface area contributed by atoms with Crippen molar-refractivity contribution in [1.82, 2.24) is 0 Å². The van der Waals surface area contributed by atoms with Crippen LogP contribution in [0.3, 0.4) is 0 Å². The van der Waals surface area contributed by atoms with Gasteiger partial charge in [0.25, 0.3) is 0 Å². The van der Waals surface area contributed by atoms with Crippen molar-refractivity contribution in [2.75, 3.05) is 14.2 Å². The summed E-state index contributed by atoms with van der Waals surface area (Å²) in [5.41, 5.74) is -3.05. The Labute approximate surface area is 419 Å². The van der Waals surface area contributed by atoms with Gasteiger partial charge in [0, 0.05) is 43.2 Å². The number of esters is 4. The fourth-order valence-corrected chi connectivity index (χ4v) is 14.8. The molecule has 0 aromatic heterocycles. The molecule has 0 N–H and O–H groups in total. The van der Waals surface area contributed by atoms with E-state index in [1.807, 2.05) is 0 Å². The van der Waals surface area contributed by atoms with Crippen LogP contribution in [0.25, 0.3) is 11.1 Å². The predicted molar refractivity (Wildman–Crippen MR) is 279 cm³/mol. The Kier molecular flexibility index (Phi) is 14.3. The van der Waals surface area contributed by atoms with Gasteiger partial charge in [0.05, 0.1) is 36.0 Å². The summed E-state index contributed by atoms with van der Waals surface area (Å²) < 4.78 is 72.0. The molecule has 0 amide bonds. The van der Waals surface area contributed by atoms with E-state index >= 15 is 18.7 Å². The Balaban J connectivity index is 1.62. The standard InChI is InChI=1S/C58H54O12P2/c1-57(2,3)51-55(61)67-43-33-35-45(65-7)49(71(63,37-23-13-9-14-24-37)38-25-15-10-16-26-38)47(43)48-44(68-56(62)52(58(4,5)6)70-54(60)42-32-22-21-31-41(42)53(59)69-51)34-36-46(66-8)50(48)72(64,39-27-17-11-18-28-39)40-29-19-12-20-30-40/h9-36,51-52H,1-8H3/t51-,52-/m0/s1. The number of cyclic esters (lactones) is 2. The second-order valence-corrected chi connectivity index (χ2v) is 24.6. The normalized spacial score (nSPS) is 15.9. The number of carbonyl (C=O) groups excluding carboxylic acids is 4. The Morgan fingerprint density at radius 2 is 0.681 bits per heavy atom. The van der Waals surface area contributed by atoms with Crippen LogP contribution < -0.4 is 50.8 Å². The maximum absolute atomic E-state index is 17.2. The molecule has 1 aliphatic heterocycles. The van der Waals surface area contributed by atoms with Gasteiger partial charge in [0.15, 0.2) is 14.3 Å². The van der Waals surface area contributed by atoms with Crippen molar-refractivity contribution in [2.45, 2.75) is 53.8 Å². The van der Waals surface area contributed by atoms with E-state index in [2.05, 4.69) is 0 Å². The first-order valence-electron chi connectivity index (χ1n) is 23.1. The van der Waals surface area contributed by atoms with Crippen LogP contribution in [-0.4, -0.2) is 50.3 Å². The lowest BCUT2D eigenvalue weighted by Gasteiger charge is -2.33. The Hall–Kier alpha value is -7.52. The molecule has 0 saturated heterocycles. The van der Waals surface area contributed by atoms with Crippen molar-refractivity contribution in [1.29, 1.82) is 0 Å². The second-order valence-electron chi connectivity index (χ2n) is 19.2. The minimum absolute atomic E-state index is 0.0367. The van der Waals surface area contributed by atoms with Gasteiger partial charge in [0.2, 0.25) is 12.2 Å². The van der Waals surface area contributed by atoms with Crippen molar-refractivity contribution in [2.24, 2.45) is 10.8 Å². The smallest absolute Gasteiger partial charge is 0.353 e. The van der Waals surface area contributed by atoms with Crippen LogP contribution in [0.2, 0.25) is 0 Å². The van der Waals surface area contributed by atoms with Gasteiger partial charge in [-0.2, -0.15) is 0 Å². The number of methoxy groups -OCH3 is 2. The summed E-state index contributed by atoms with van der Waals surface area (Å²) >= 11 is 0. The molecule has 8 rings (SSSR count). The molecule has 0 spiro atoms. The maximum Gasteiger partial charge on any atom is 0.353 e. The van der Waals surface area contributed by atoms with Crippen LogP contribution in [-0.2, 0) is 28.2 Å². The van der Waals surface area contributed by atoms with Crippen LogP contribution in [0, 0.1) is 10.8 Å². The average Bonchev–Trinajstić information content (AvgIpc) is 3.38. The highest BCUT2D eigenvalue weighted by Gasteiger charge is 2.46. The lowest BCUT2D eigenvalue weighted by atomic mass is 9.88. The van der Waals surface area contributed by atoms with Gasteiger partial charge >= 0.3 is 23.9 Å². The second kappa shape index (κ2) is 20.3. The zero-order valence-corrected chi connectivity index (χ0v) is 42.9. The summed E-state index contributed by atoms with van der Waals surface area (Å²) in [6.07, 6.45) is -3.31. The van der Waals surface area contributed by atoms with Gasteiger partial charge in [0.1, 0.15) is 23.0 Å². The first-order valence-corrected chi connectivity index (χ1v) is 26.6. The average molecular weight is 1010 g/mol. The number of hydrogen-bond acceptors (Lipinski definition) is 12. The number of rotatable bonds is 8. The molecule has 0 aliphatic carbocycles. The number of hydrogen-bond donors (Lipinski definition) is 0. The third-order valence-electron chi connectivity index (χ3n) is 12.2. The summed E-state index contributed by atoms with van der Waals surface area (Å²) in [5, 5.41) is 1.25. The molecule has 1 heterocycles. The molecular formula is C58H54O12P2. The zero-order chi connectivity index (χ0) is 51.6. The number of ether oxygens (including phenoxy) is 6. The maximum atomic E-state index is 17.2. The fourth-order valence-electron chi connectivity index (χ4n) is 8.74. The van der Waals surface area contributed by atoms with Gasteiger partial charge < -0.3 is 37.6 Å². The van der Waals surface area contributed by atoms with Gasteiger partial charge in [-0.3, -0.25) is 0 Å². The SMILES string of the molecule is COc1ccc2c(c1P(=O)(c1ccccc1)c1ccccc1)-c1c(ccc(OC)c1P(=O)(c1ccccc1)c1ccccc1)OC(=O)[C@@H](C(C)(C)C)OC(=O)c1ccccc1C(=O)O[C@H](C(C)(C)C)C(=O)O2. The molecule has 12 nitrogen and oxygen atoms in total. The number of benzene rings is 7. The van der Waals surface area contributed by atoms with E-state index in [0.29, 0.717) is 21.2 Å². The van der Waals surface area contributed by atoms with Gasteiger partial charge in [-0.1, -0.05) is 175 Å². The molecule has 368 valence electrons. The highest BCUT2D eigenvalue weighted by molar-refractivity contribution is 7.86. The van der Waals surface area contributed by atoms with Crippen LogP contribution in [0.4, 0.5) is 0 Å². The summed E-state index contributed by atoms with van der Waals surface area (Å²) in [4.78, 5) is 59.1. The quantitative estimate of drug-likeness (QED) is 0.0809. The molecule has 0 saturated carbocycles. The van der Waals surface area contributed by atoms with E-state index in [4.69, 9.17) is 28.4 Å². The molecule has 14 heteroatoms. The molecule has 0 fully saturated rings. The van der Waals surface area contributed by atoms with E-state index in [1.165, 1.54) is 62.8 Å². The van der Waals surface area contributed by atoms with Crippen molar-refractivity contribution >= 4 is 70.0 Å². The third-order valence-corrected chi connectivity index (χ3v) is 18.5. The summed E-state index contributed by atoms with van der Waals surface area (Å²) in [6.45, 7) is 10.0. The van der Waals surface area contributed by atoms with E-state index in [9.17, 15) is 9.59 Å². The van der Waals surface area contributed by atoms with E-state index < -0.39 is 61.2 Å². The zero-order valence-electron chi connectivity index (χ0n) is 41.1. The topological polar surface area (TPSA) is 158 Å². The molecule has 1 aliphatic rings. The molecular weight excluding hydrogens is 951 g/mol. The number of fused-ring (bicyclic) bond motifs is 4. The summed E-state index contributed by atoms with van der Waals surface area (Å²) in [7, 11) is -5.83. The van der Waals surface area contributed by atoms with E-state index in [0.717, 1.165) is 0 Å². The third kappa shape index (κ3) is 9.52. The van der Waals surface area contributed by atoms with Gasteiger partial charge in [-0.25, -0.2) is 19.2 Å². The van der Waals surface area contributed by atoms with Gasteiger partial charge in [-0.15, -0.1) is 0 Å². The minimum Gasteiger partial charge on any atom is -0.496 e. The fraction of sp³-hybridized carbons (Fsp3) is 0.207.